The zero-order chi connectivity index (χ0) is 11.0. The molecule has 3 aromatic rings. The highest BCUT2D eigenvalue weighted by Crippen LogP contribution is 2.29. The van der Waals surface area contributed by atoms with Crippen molar-refractivity contribution in [1.29, 1.82) is 0 Å². The smallest absolute Gasteiger partial charge is 0.145 e. The van der Waals surface area contributed by atoms with Gasteiger partial charge in [-0.25, -0.2) is 0 Å². The average Bonchev–Trinajstić information content (AvgIpc) is 2.72. The van der Waals surface area contributed by atoms with Crippen LogP contribution in [0.15, 0.2) is 48.5 Å². The topological polar surface area (TPSA) is 38.9 Å². The van der Waals surface area contributed by atoms with Crippen LogP contribution in [0, 0.1) is 0 Å². The number of fused-ring (bicyclic) bond motifs is 1. The van der Waals surface area contributed by atoms with Crippen molar-refractivity contribution >= 4 is 27.4 Å². The molecule has 0 atom stereocenters. The molecule has 78 valence electrons. The van der Waals surface area contributed by atoms with E-state index < -0.39 is 0 Å². The second-order valence-electron chi connectivity index (χ2n) is 3.64. The molecule has 0 saturated heterocycles. The van der Waals surface area contributed by atoms with Gasteiger partial charge in [0.2, 0.25) is 0 Å². The Morgan fingerprint density at radius 3 is 2.56 bits per heavy atom. The lowest BCUT2D eigenvalue weighted by Crippen LogP contribution is -1.83. The summed E-state index contributed by atoms with van der Waals surface area (Å²) in [7, 11) is 0. The molecule has 3 heteroatoms. The minimum atomic E-state index is 0.623. The number of rotatable bonds is 1. The van der Waals surface area contributed by atoms with Gasteiger partial charge in [0.25, 0.3) is 0 Å². The van der Waals surface area contributed by atoms with E-state index in [4.69, 9.17) is 5.73 Å². The number of hydrogen-bond donors (Lipinski definition) is 1. The lowest BCUT2D eigenvalue weighted by Gasteiger charge is -2.01. The van der Waals surface area contributed by atoms with E-state index in [0.717, 1.165) is 10.1 Å². The zero-order valence-corrected chi connectivity index (χ0v) is 9.37. The SMILES string of the molecule is Nc1nsc2ccc(-c3ccccc3)cc12. The molecule has 0 fully saturated rings. The van der Waals surface area contributed by atoms with E-state index in [2.05, 4.69) is 34.7 Å². The molecule has 0 amide bonds. The van der Waals surface area contributed by atoms with Crippen LogP contribution in [-0.4, -0.2) is 4.37 Å². The van der Waals surface area contributed by atoms with E-state index in [0.29, 0.717) is 5.82 Å². The molecule has 2 N–H and O–H groups in total. The van der Waals surface area contributed by atoms with Crippen LogP contribution in [0.2, 0.25) is 0 Å². The third kappa shape index (κ3) is 1.46. The third-order valence-electron chi connectivity index (χ3n) is 2.60. The van der Waals surface area contributed by atoms with Crippen LogP contribution in [0.25, 0.3) is 21.2 Å². The molecule has 16 heavy (non-hydrogen) atoms. The number of benzene rings is 2. The van der Waals surface area contributed by atoms with Gasteiger partial charge in [-0.1, -0.05) is 36.4 Å². The fourth-order valence-electron chi connectivity index (χ4n) is 1.77. The lowest BCUT2D eigenvalue weighted by atomic mass is 10.0. The quantitative estimate of drug-likeness (QED) is 0.689. The maximum atomic E-state index is 5.82. The molecule has 2 aromatic carbocycles. The van der Waals surface area contributed by atoms with Gasteiger partial charge < -0.3 is 5.73 Å². The van der Waals surface area contributed by atoms with Crippen LogP contribution in [0.1, 0.15) is 0 Å². The molecule has 0 radical (unpaired) electrons. The van der Waals surface area contributed by atoms with E-state index in [1.807, 2.05) is 18.2 Å². The van der Waals surface area contributed by atoms with E-state index in [1.54, 1.807) is 0 Å². The molecule has 1 heterocycles. The van der Waals surface area contributed by atoms with Crippen molar-refractivity contribution in [3.63, 3.8) is 0 Å². The van der Waals surface area contributed by atoms with Gasteiger partial charge in [-0.3, -0.25) is 0 Å². The highest BCUT2D eigenvalue weighted by Gasteiger charge is 2.04. The Kier molecular flexibility index (Phi) is 2.11. The zero-order valence-electron chi connectivity index (χ0n) is 8.55. The van der Waals surface area contributed by atoms with Gasteiger partial charge in [0.15, 0.2) is 0 Å². The summed E-state index contributed by atoms with van der Waals surface area (Å²) in [4.78, 5) is 0. The summed E-state index contributed by atoms with van der Waals surface area (Å²) < 4.78 is 5.29. The Labute approximate surface area is 97.5 Å². The predicted molar refractivity (Wildman–Crippen MR) is 69.5 cm³/mol. The highest BCUT2D eigenvalue weighted by atomic mass is 32.1. The molecular formula is C13H10N2S. The Morgan fingerprint density at radius 2 is 1.75 bits per heavy atom. The summed E-state index contributed by atoms with van der Waals surface area (Å²) in [5.41, 5.74) is 8.21. The van der Waals surface area contributed by atoms with E-state index in [-0.39, 0.29) is 0 Å². The summed E-state index contributed by atoms with van der Waals surface area (Å²) in [5, 5.41) is 1.05. The van der Waals surface area contributed by atoms with Crippen LogP contribution in [0.3, 0.4) is 0 Å². The predicted octanol–water partition coefficient (Wildman–Crippen LogP) is 3.55. The number of aromatic nitrogens is 1. The van der Waals surface area contributed by atoms with Gasteiger partial charge in [-0.15, -0.1) is 0 Å². The molecule has 0 aliphatic carbocycles. The second kappa shape index (κ2) is 3.61. The number of hydrogen-bond acceptors (Lipinski definition) is 3. The fourth-order valence-corrected chi connectivity index (χ4v) is 2.45. The summed E-state index contributed by atoms with van der Waals surface area (Å²) in [6, 6.07) is 16.6. The fraction of sp³-hybridized carbons (Fsp3) is 0. The van der Waals surface area contributed by atoms with Crippen LogP contribution in [0.4, 0.5) is 5.82 Å². The van der Waals surface area contributed by atoms with Crippen LogP contribution in [0.5, 0.6) is 0 Å². The summed E-state index contributed by atoms with van der Waals surface area (Å²) in [6.45, 7) is 0. The van der Waals surface area contributed by atoms with E-state index >= 15 is 0 Å². The second-order valence-corrected chi connectivity index (χ2v) is 4.45. The van der Waals surface area contributed by atoms with Crippen LogP contribution >= 0.6 is 11.5 Å². The van der Waals surface area contributed by atoms with E-state index in [1.165, 1.54) is 22.7 Å². The van der Waals surface area contributed by atoms with Crippen LogP contribution < -0.4 is 5.73 Å². The molecule has 0 saturated carbocycles. The maximum absolute atomic E-state index is 5.82. The first-order chi connectivity index (χ1) is 7.84. The Bertz CT molecular complexity index is 629. The van der Waals surface area contributed by atoms with Gasteiger partial charge in [-0.2, -0.15) is 4.37 Å². The van der Waals surface area contributed by atoms with Crippen molar-refractivity contribution in [2.24, 2.45) is 0 Å². The molecule has 3 rings (SSSR count). The monoisotopic (exact) mass is 226 g/mol. The first-order valence-corrected chi connectivity index (χ1v) is 5.82. The molecule has 2 nitrogen and oxygen atoms in total. The molecule has 0 bridgehead atoms. The standard InChI is InChI=1S/C13H10N2S/c14-13-11-8-10(6-7-12(11)16-15-13)9-4-2-1-3-5-9/h1-8H,(H2,14,15). The number of nitrogens with zero attached hydrogens (tertiary/aromatic N) is 1. The maximum Gasteiger partial charge on any atom is 0.145 e. The van der Waals surface area contributed by atoms with Crippen molar-refractivity contribution in [3.8, 4) is 11.1 Å². The van der Waals surface area contributed by atoms with Gasteiger partial charge in [-0.05, 0) is 34.8 Å². The van der Waals surface area contributed by atoms with Crippen molar-refractivity contribution in [3.05, 3.63) is 48.5 Å². The third-order valence-corrected chi connectivity index (χ3v) is 3.45. The molecule has 0 spiro atoms. The van der Waals surface area contributed by atoms with E-state index in [9.17, 15) is 0 Å². The van der Waals surface area contributed by atoms with Crippen LogP contribution in [-0.2, 0) is 0 Å². The molecule has 0 aliphatic rings. The Balaban J connectivity index is 2.22. The first kappa shape index (κ1) is 9.36. The highest BCUT2D eigenvalue weighted by molar-refractivity contribution is 7.13. The number of nitrogens with two attached hydrogens (primary N) is 1. The van der Waals surface area contributed by atoms with Gasteiger partial charge in [0.1, 0.15) is 5.82 Å². The molecular weight excluding hydrogens is 216 g/mol. The van der Waals surface area contributed by atoms with Gasteiger partial charge in [0, 0.05) is 5.39 Å². The molecule has 0 unspecified atom stereocenters. The average molecular weight is 226 g/mol. The number of nitrogen functional groups attached to an aromatic ring is 1. The first-order valence-electron chi connectivity index (χ1n) is 5.05. The Morgan fingerprint density at radius 1 is 0.938 bits per heavy atom. The minimum Gasteiger partial charge on any atom is -0.382 e. The van der Waals surface area contributed by atoms with Crippen molar-refractivity contribution in [2.75, 3.05) is 5.73 Å². The van der Waals surface area contributed by atoms with Crippen molar-refractivity contribution in [2.45, 2.75) is 0 Å². The Hall–Kier alpha value is -1.87. The normalized spacial score (nSPS) is 10.8. The van der Waals surface area contributed by atoms with Crippen molar-refractivity contribution < 1.29 is 0 Å². The summed E-state index contributed by atoms with van der Waals surface area (Å²) in [6.07, 6.45) is 0. The summed E-state index contributed by atoms with van der Waals surface area (Å²) in [5.74, 6) is 0.623. The lowest BCUT2D eigenvalue weighted by molar-refractivity contribution is 1.58. The number of anilines is 1. The van der Waals surface area contributed by atoms with Crippen molar-refractivity contribution in [1.82, 2.24) is 4.37 Å². The van der Waals surface area contributed by atoms with Gasteiger partial charge in [0.05, 0.1) is 4.70 Å². The van der Waals surface area contributed by atoms with Gasteiger partial charge >= 0.3 is 0 Å². The molecule has 1 aromatic heterocycles. The minimum absolute atomic E-state index is 0.623. The summed E-state index contributed by atoms with van der Waals surface area (Å²) >= 11 is 1.44. The molecule has 0 aliphatic heterocycles. The largest absolute Gasteiger partial charge is 0.382 e.